The monoisotopic (exact) mass is 277 g/mol. The molecule has 0 bridgehead atoms. The van der Waals surface area contributed by atoms with E-state index in [0.29, 0.717) is 0 Å². The molecule has 0 aliphatic heterocycles. The summed E-state index contributed by atoms with van der Waals surface area (Å²) in [6, 6.07) is 10.0. The molecular weight excluding hydrogens is 266 g/mol. The molecule has 0 saturated carbocycles. The predicted octanol–water partition coefficient (Wildman–Crippen LogP) is 3.26. The molecule has 0 atom stereocenters. The van der Waals surface area contributed by atoms with Crippen molar-refractivity contribution in [1.29, 1.82) is 0 Å². The summed E-state index contributed by atoms with van der Waals surface area (Å²) in [6.07, 6.45) is 0. The maximum atomic E-state index is 4.18. The van der Waals surface area contributed by atoms with Gasteiger partial charge in [0.05, 0.1) is 5.69 Å². The number of hydrogen-bond acceptors (Lipinski definition) is 3. The minimum atomic E-state index is 0.776. The zero-order valence-corrected chi connectivity index (χ0v) is 10.7. The third-order valence-corrected chi connectivity index (χ3v) is 2.88. The minimum absolute atomic E-state index is 0.776. The fourth-order valence-corrected chi connectivity index (χ4v) is 2.00. The van der Waals surface area contributed by atoms with Gasteiger partial charge in [-0.05, 0) is 36.8 Å². The Kier molecular flexibility index (Phi) is 3.19. The Morgan fingerprint density at radius 2 is 1.94 bits per heavy atom. The Hall–Kier alpha value is -1.42. The summed E-state index contributed by atoms with van der Waals surface area (Å²) in [5.41, 5.74) is 3.18. The average molecular weight is 278 g/mol. The third-order valence-electron chi connectivity index (χ3n) is 2.39. The first kappa shape index (κ1) is 11.1. The Morgan fingerprint density at radius 3 is 2.50 bits per heavy atom. The first-order chi connectivity index (χ1) is 7.70. The van der Waals surface area contributed by atoms with E-state index in [0.717, 1.165) is 21.5 Å². The fraction of sp³-hybridized carbons (Fsp3) is 0.167. The Labute approximate surface area is 103 Å². The topological polar surface area (TPSA) is 37.8 Å². The number of halogens is 1. The van der Waals surface area contributed by atoms with Crippen molar-refractivity contribution in [1.82, 2.24) is 10.2 Å². The maximum absolute atomic E-state index is 4.18. The molecule has 1 N–H and O–H groups in total. The molecule has 0 spiro atoms. The molecule has 0 radical (unpaired) electrons. The zero-order valence-electron chi connectivity index (χ0n) is 9.16. The van der Waals surface area contributed by atoms with Crippen molar-refractivity contribution in [3.05, 3.63) is 40.4 Å². The van der Waals surface area contributed by atoms with Crippen LogP contribution in [-0.4, -0.2) is 17.2 Å². The van der Waals surface area contributed by atoms with Gasteiger partial charge in [-0.3, -0.25) is 0 Å². The third kappa shape index (κ3) is 2.22. The summed E-state index contributed by atoms with van der Waals surface area (Å²) in [5, 5.41) is 11.2. The number of aryl methyl sites for hydroxylation is 1. The normalized spacial score (nSPS) is 10.2. The van der Waals surface area contributed by atoms with Gasteiger partial charge in [0.15, 0.2) is 0 Å². The lowest BCUT2D eigenvalue weighted by Crippen LogP contribution is -1.95. The Balaban J connectivity index is 2.42. The SMILES string of the molecule is CNc1ccc(-c2ccc(Br)cc2C)nn1. The van der Waals surface area contributed by atoms with E-state index in [-0.39, 0.29) is 0 Å². The van der Waals surface area contributed by atoms with Crippen LogP contribution in [0.3, 0.4) is 0 Å². The highest BCUT2D eigenvalue weighted by atomic mass is 79.9. The summed E-state index contributed by atoms with van der Waals surface area (Å²) in [7, 11) is 1.83. The second kappa shape index (κ2) is 4.61. The first-order valence-corrected chi connectivity index (χ1v) is 5.78. The smallest absolute Gasteiger partial charge is 0.148 e. The second-order valence-electron chi connectivity index (χ2n) is 3.51. The number of nitrogens with one attached hydrogen (secondary N) is 1. The van der Waals surface area contributed by atoms with Gasteiger partial charge in [0.25, 0.3) is 0 Å². The zero-order chi connectivity index (χ0) is 11.5. The van der Waals surface area contributed by atoms with Gasteiger partial charge in [-0.25, -0.2) is 0 Å². The van der Waals surface area contributed by atoms with Gasteiger partial charge >= 0.3 is 0 Å². The molecular formula is C12H12BrN3. The van der Waals surface area contributed by atoms with E-state index in [1.165, 1.54) is 5.56 Å². The molecule has 1 aromatic carbocycles. The van der Waals surface area contributed by atoms with Crippen molar-refractivity contribution >= 4 is 21.7 Å². The van der Waals surface area contributed by atoms with Gasteiger partial charge in [-0.1, -0.05) is 22.0 Å². The number of nitrogens with zero attached hydrogens (tertiary/aromatic N) is 2. The number of benzene rings is 1. The van der Waals surface area contributed by atoms with E-state index in [4.69, 9.17) is 0 Å². The van der Waals surface area contributed by atoms with Gasteiger partial charge in [0.1, 0.15) is 5.82 Å². The van der Waals surface area contributed by atoms with Crippen molar-refractivity contribution in [2.75, 3.05) is 12.4 Å². The van der Waals surface area contributed by atoms with E-state index in [9.17, 15) is 0 Å². The Morgan fingerprint density at radius 1 is 1.12 bits per heavy atom. The summed E-state index contributed by atoms with van der Waals surface area (Å²) < 4.78 is 1.08. The van der Waals surface area contributed by atoms with E-state index in [1.54, 1.807) is 0 Å². The van der Waals surface area contributed by atoms with Crippen molar-refractivity contribution in [3.63, 3.8) is 0 Å². The molecule has 1 heterocycles. The first-order valence-electron chi connectivity index (χ1n) is 4.98. The van der Waals surface area contributed by atoms with Crippen LogP contribution in [0.5, 0.6) is 0 Å². The number of aromatic nitrogens is 2. The van der Waals surface area contributed by atoms with Gasteiger partial charge in [0, 0.05) is 17.1 Å². The summed E-state index contributed by atoms with van der Waals surface area (Å²) in [6.45, 7) is 2.06. The lowest BCUT2D eigenvalue weighted by atomic mass is 10.1. The molecule has 0 aliphatic rings. The van der Waals surface area contributed by atoms with Crippen LogP contribution in [0.4, 0.5) is 5.82 Å². The molecule has 0 aliphatic carbocycles. The molecule has 0 saturated heterocycles. The minimum Gasteiger partial charge on any atom is -0.372 e. The van der Waals surface area contributed by atoms with Crippen LogP contribution in [0.25, 0.3) is 11.3 Å². The molecule has 4 heteroatoms. The standard InChI is InChI=1S/C12H12BrN3/c1-8-7-9(13)3-4-10(8)11-5-6-12(14-2)16-15-11/h3-7H,1-2H3,(H,14,16). The highest BCUT2D eigenvalue weighted by Gasteiger charge is 2.04. The predicted molar refractivity (Wildman–Crippen MR) is 69.5 cm³/mol. The number of anilines is 1. The van der Waals surface area contributed by atoms with Gasteiger partial charge in [0.2, 0.25) is 0 Å². The molecule has 2 aromatic rings. The summed E-state index contributed by atoms with van der Waals surface area (Å²) >= 11 is 3.45. The average Bonchev–Trinajstić information content (AvgIpc) is 2.29. The fourth-order valence-electron chi connectivity index (χ4n) is 1.52. The molecule has 3 nitrogen and oxygen atoms in total. The van der Waals surface area contributed by atoms with Crippen LogP contribution in [0.2, 0.25) is 0 Å². The Bertz CT molecular complexity index is 494. The largest absolute Gasteiger partial charge is 0.372 e. The molecule has 82 valence electrons. The van der Waals surface area contributed by atoms with Crippen molar-refractivity contribution in [2.24, 2.45) is 0 Å². The van der Waals surface area contributed by atoms with E-state index in [1.807, 2.05) is 31.3 Å². The van der Waals surface area contributed by atoms with E-state index in [2.05, 4.69) is 44.4 Å². The molecule has 16 heavy (non-hydrogen) atoms. The van der Waals surface area contributed by atoms with Gasteiger partial charge in [-0.2, -0.15) is 0 Å². The molecule has 0 unspecified atom stereocenters. The van der Waals surface area contributed by atoms with Crippen LogP contribution >= 0.6 is 15.9 Å². The van der Waals surface area contributed by atoms with Gasteiger partial charge < -0.3 is 5.32 Å². The van der Waals surface area contributed by atoms with Gasteiger partial charge in [-0.15, -0.1) is 10.2 Å². The van der Waals surface area contributed by atoms with Crippen LogP contribution < -0.4 is 5.32 Å². The van der Waals surface area contributed by atoms with Crippen molar-refractivity contribution < 1.29 is 0 Å². The lowest BCUT2D eigenvalue weighted by Gasteiger charge is -2.05. The van der Waals surface area contributed by atoms with E-state index >= 15 is 0 Å². The summed E-state index contributed by atoms with van der Waals surface area (Å²) in [4.78, 5) is 0. The van der Waals surface area contributed by atoms with Crippen molar-refractivity contribution in [3.8, 4) is 11.3 Å². The summed E-state index contributed by atoms with van der Waals surface area (Å²) in [5.74, 6) is 0.776. The quantitative estimate of drug-likeness (QED) is 0.916. The molecule has 0 fully saturated rings. The number of rotatable bonds is 2. The molecule has 1 aromatic heterocycles. The van der Waals surface area contributed by atoms with Crippen LogP contribution in [-0.2, 0) is 0 Å². The maximum Gasteiger partial charge on any atom is 0.148 e. The lowest BCUT2D eigenvalue weighted by molar-refractivity contribution is 1.04. The van der Waals surface area contributed by atoms with Crippen molar-refractivity contribution in [2.45, 2.75) is 6.92 Å². The van der Waals surface area contributed by atoms with Crippen LogP contribution in [0.15, 0.2) is 34.8 Å². The van der Waals surface area contributed by atoms with Crippen LogP contribution in [0, 0.1) is 6.92 Å². The molecule has 0 amide bonds. The second-order valence-corrected chi connectivity index (χ2v) is 4.43. The van der Waals surface area contributed by atoms with E-state index < -0.39 is 0 Å². The van der Waals surface area contributed by atoms with Crippen LogP contribution in [0.1, 0.15) is 5.56 Å². The molecule has 2 rings (SSSR count). The highest BCUT2D eigenvalue weighted by Crippen LogP contribution is 2.24. The highest BCUT2D eigenvalue weighted by molar-refractivity contribution is 9.10. The number of hydrogen-bond donors (Lipinski definition) is 1.